The second-order valence-electron chi connectivity index (χ2n) is 9.93. The Hall–Kier alpha value is -3.64. The van der Waals surface area contributed by atoms with Gasteiger partial charge in [-0.3, -0.25) is 4.79 Å². The largest absolute Gasteiger partial charge is 0.388 e. The van der Waals surface area contributed by atoms with Crippen molar-refractivity contribution in [2.45, 2.75) is 38.1 Å². The number of hydrogen-bond donors (Lipinski definition) is 3. The number of hydrogen-bond acceptors (Lipinski definition) is 3. The minimum absolute atomic E-state index is 0.00150. The van der Waals surface area contributed by atoms with Crippen LogP contribution in [0.25, 0.3) is 16.7 Å². The van der Waals surface area contributed by atoms with Crippen molar-refractivity contribution in [2.24, 2.45) is 5.92 Å². The summed E-state index contributed by atoms with van der Waals surface area (Å²) >= 11 is 5.91. The Morgan fingerprint density at radius 3 is 2.66 bits per heavy atom. The van der Waals surface area contributed by atoms with Crippen LogP contribution in [0.4, 0.5) is 20.2 Å². The second kappa shape index (κ2) is 11.0. The minimum Gasteiger partial charge on any atom is -0.388 e. The number of fused-ring (bicyclic) bond motifs is 4. The third-order valence-corrected chi connectivity index (χ3v) is 7.76. The molecule has 3 N–H and O–H groups in total. The van der Waals surface area contributed by atoms with Gasteiger partial charge in [-0.1, -0.05) is 67.4 Å². The maximum atomic E-state index is 14.6. The molecule has 0 aromatic heterocycles. The molecule has 3 unspecified atom stereocenters. The van der Waals surface area contributed by atoms with Crippen LogP contribution in [0.2, 0.25) is 5.02 Å². The maximum Gasteiger partial charge on any atom is 0.227 e. The van der Waals surface area contributed by atoms with E-state index in [1.165, 1.54) is 12.1 Å². The van der Waals surface area contributed by atoms with Crippen LogP contribution in [0.3, 0.4) is 0 Å². The Balaban J connectivity index is 1.50. The van der Waals surface area contributed by atoms with Gasteiger partial charge in [0, 0.05) is 41.9 Å². The standard InChI is InChI=1S/C31H30ClF2N3O/c1-18-5-3-8-23(27-14-9-21(17-36-27)29-26(33)13-12-25(32)30(29)34)19-6-4-7-20(15-19)24-11-10-22(35-2)16-28(24)37-31(18)38/h4,6-7,9-18,23,27,35-36H,3,5,8H2,1-2H3,(H,37,38). The zero-order valence-corrected chi connectivity index (χ0v) is 22.1. The topological polar surface area (TPSA) is 53.2 Å². The summed E-state index contributed by atoms with van der Waals surface area (Å²) in [5.74, 6) is -1.48. The van der Waals surface area contributed by atoms with Gasteiger partial charge in [0.05, 0.1) is 22.3 Å². The Morgan fingerprint density at radius 2 is 1.89 bits per heavy atom. The number of carbonyl (C=O) groups excluding carboxylic acids is 1. The van der Waals surface area contributed by atoms with E-state index in [1.54, 1.807) is 12.3 Å². The van der Waals surface area contributed by atoms with E-state index in [-0.39, 0.29) is 34.4 Å². The van der Waals surface area contributed by atoms with Crippen molar-refractivity contribution in [3.63, 3.8) is 0 Å². The normalized spacial score (nSPS) is 21.2. The lowest BCUT2D eigenvalue weighted by atomic mass is 9.83. The molecule has 196 valence electrons. The molecule has 3 aromatic carbocycles. The molecule has 3 aromatic rings. The highest BCUT2D eigenvalue weighted by molar-refractivity contribution is 6.31. The van der Waals surface area contributed by atoms with Crippen molar-refractivity contribution >= 4 is 34.5 Å². The maximum absolute atomic E-state index is 14.6. The van der Waals surface area contributed by atoms with Gasteiger partial charge in [0.25, 0.3) is 0 Å². The molecular formula is C31H30ClF2N3O. The van der Waals surface area contributed by atoms with Gasteiger partial charge in [-0.15, -0.1) is 0 Å². The number of amides is 1. The van der Waals surface area contributed by atoms with E-state index >= 15 is 0 Å². The van der Waals surface area contributed by atoms with Crippen molar-refractivity contribution in [3.05, 3.63) is 101 Å². The molecule has 2 bridgehead atoms. The van der Waals surface area contributed by atoms with Gasteiger partial charge in [0.15, 0.2) is 5.82 Å². The summed E-state index contributed by atoms with van der Waals surface area (Å²) in [6.45, 7) is 1.96. The van der Waals surface area contributed by atoms with Crippen LogP contribution in [0, 0.1) is 17.6 Å². The number of allylic oxidation sites excluding steroid dienone is 2. The number of dihydropyridines is 1. The van der Waals surface area contributed by atoms with Gasteiger partial charge in [-0.25, -0.2) is 8.78 Å². The zero-order chi connectivity index (χ0) is 26.8. The summed E-state index contributed by atoms with van der Waals surface area (Å²) in [4.78, 5) is 13.0. The van der Waals surface area contributed by atoms with E-state index in [4.69, 9.17) is 11.6 Å². The molecule has 0 spiro atoms. The van der Waals surface area contributed by atoms with Crippen molar-refractivity contribution in [1.29, 1.82) is 0 Å². The second-order valence-corrected chi connectivity index (χ2v) is 10.3. The molecule has 5 rings (SSSR count). The van der Waals surface area contributed by atoms with Crippen LogP contribution >= 0.6 is 11.6 Å². The first-order chi connectivity index (χ1) is 18.4. The monoisotopic (exact) mass is 533 g/mol. The molecular weight excluding hydrogens is 504 g/mol. The van der Waals surface area contributed by atoms with E-state index < -0.39 is 11.6 Å². The summed E-state index contributed by atoms with van der Waals surface area (Å²) in [7, 11) is 1.85. The first kappa shape index (κ1) is 26.0. The van der Waals surface area contributed by atoms with Crippen LogP contribution in [0.15, 0.2) is 72.9 Å². The Kier molecular flexibility index (Phi) is 7.52. The summed E-state index contributed by atoms with van der Waals surface area (Å²) in [5, 5.41) is 9.54. The molecule has 4 nitrogen and oxygen atoms in total. The average molecular weight is 534 g/mol. The SMILES string of the molecule is CNc1ccc2c(c1)NC(=O)C(C)CCCC(C1C=CC(c3c(F)ccc(Cl)c3F)=CN1)c1cccc-2c1. The third-order valence-electron chi connectivity index (χ3n) is 7.47. The van der Waals surface area contributed by atoms with Crippen molar-refractivity contribution < 1.29 is 13.6 Å². The highest BCUT2D eigenvalue weighted by atomic mass is 35.5. The van der Waals surface area contributed by atoms with Gasteiger partial charge >= 0.3 is 0 Å². The van der Waals surface area contributed by atoms with Crippen LogP contribution in [-0.4, -0.2) is 19.0 Å². The fourth-order valence-corrected chi connectivity index (χ4v) is 5.43. The first-order valence-electron chi connectivity index (χ1n) is 12.9. The number of rotatable bonds is 3. The van der Waals surface area contributed by atoms with Crippen molar-refractivity contribution in [2.75, 3.05) is 17.7 Å². The third kappa shape index (κ3) is 5.18. The van der Waals surface area contributed by atoms with Crippen LogP contribution in [0.5, 0.6) is 0 Å². The fraction of sp³-hybridized carbons (Fsp3) is 0.258. The molecule has 3 atom stereocenters. The van der Waals surface area contributed by atoms with E-state index in [0.29, 0.717) is 5.57 Å². The molecule has 2 aliphatic rings. The molecule has 0 saturated heterocycles. The predicted molar refractivity (Wildman–Crippen MR) is 151 cm³/mol. The molecule has 0 fully saturated rings. The Morgan fingerprint density at radius 1 is 1.05 bits per heavy atom. The summed E-state index contributed by atoms with van der Waals surface area (Å²) in [6, 6.07) is 16.7. The highest BCUT2D eigenvalue weighted by Crippen LogP contribution is 2.37. The quantitative estimate of drug-likeness (QED) is 0.302. The van der Waals surface area contributed by atoms with Crippen molar-refractivity contribution in [3.8, 4) is 11.1 Å². The molecule has 0 radical (unpaired) electrons. The minimum atomic E-state index is -0.770. The van der Waals surface area contributed by atoms with Crippen LogP contribution < -0.4 is 16.0 Å². The van der Waals surface area contributed by atoms with Gasteiger partial charge in [0.2, 0.25) is 5.91 Å². The average Bonchev–Trinajstić information content (AvgIpc) is 2.93. The molecule has 2 heterocycles. The van der Waals surface area contributed by atoms with Gasteiger partial charge in [-0.2, -0.15) is 0 Å². The molecule has 0 saturated carbocycles. The van der Waals surface area contributed by atoms with E-state index in [0.717, 1.165) is 47.3 Å². The Bertz CT molecular complexity index is 1430. The number of halogens is 3. The summed E-state index contributed by atoms with van der Waals surface area (Å²) in [6.07, 6.45) is 7.82. The fourth-order valence-electron chi connectivity index (χ4n) is 5.27. The Labute approximate surface area is 226 Å². The number of nitrogens with one attached hydrogen (secondary N) is 3. The lowest BCUT2D eigenvalue weighted by Gasteiger charge is -2.30. The van der Waals surface area contributed by atoms with E-state index in [9.17, 15) is 13.6 Å². The first-order valence-corrected chi connectivity index (χ1v) is 13.2. The van der Waals surface area contributed by atoms with Gasteiger partial charge in [-0.05, 0) is 48.2 Å². The summed E-state index contributed by atoms with van der Waals surface area (Å²) in [5.41, 5.74) is 5.08. The molecule has 1 amide bonds. The smallest absolute Gasteiger partial charge is 0.227 e. The summed E-state index contributed by atoms with van der Waals surface area (Å²) < 4.78 is 29.1. The number of benzene rings is 3. The van der Waals surface area contributed by atoms with Gasteiger partial charge in [0.1, 0.15) is 5.82 Å². The molecule has 38 heavy (non-hydrogen) atoms. The lowest BCUT2D eigenvalue weighted by Crippen LogP contribution is -2.32. The highest BCUT2D eigenvalue weighted by Gasteiger charge is 2.26. The molecule has 0 aliphatic carbocycles. The van der Waals surface area contributed by atoms with E-state index in [2.05, 4.69) is 28.1 Å². The van der Waals surface area contributed by atoms with Crippen LogP contribution in [0.1, 0.15) is 43.2 Å². The predicted octanol–water partition coefficient (Wildman–Crippen LogP) is 7.74. The number of carbonyl (C=O) groups is 1. The molecule has 7 heteroatoms. The van der Waals surface area contributed by atoms with Crippen molar-refractivity contribution in [1.82, 2.24) is 5.32 Å². The lowest BCUT2D eigenvalue weighted by molar-refractivity contribution is -0.119. The van der Waals surface area contributed by atoms with E-state index in [1.807, 2.05) is 50.4 Å². The number of anilines is 2. The zero-order valence-electron chi connectivity index (χ0n) is 21.3. The molecule has 2 aliphatic heterocycles. The van der Waals surface area contributed by atoms with Crippen LogP contribution in [-0.2, 0) is 4.79 Å². The van der Waals surface area contributed by atoms with Gasteiger partial charge < -0.3 is 16.0 Å².